The molecule has 0 amide bonds. The normalized spacial score (nSPS) is 18.7. The van der Waals surface area contributed by atoms with Crippen molar-refractivity contribution in [2.75, 3.05) is 31.1 Å². The Morgan fingerprint density at radius 3 is 2.19 bits per heavy atom. The second kappa shape index (κ2) is 8.47. The van der Waals surface area contributed by atoms with E-state index >= 15 is 0 Å². The molecule has 4 nitrogen and oxygen atoms in total. The van der Waals surface area contributed by atoms with Crippen LogP contribution in [0.5, 0.6) is 0 Å². The highest BCUT2D eigenvalue weighted by atomic mass is 35.5. The maximum atomic E-state index is 11.7. The molecule has 26 heavy (non-hydrogen) atoms. The highest BCUT2D eigenvalue weighted by Crippen LogP contribution is 2.26. The Kier molecular flexibility index (Phi) is 6.28. The van der Waals surface area contributed by atoms with E-state index in [-0.39, 0.29) is 23.0 Å². The molecule has 0 saturated carbocycles. The smallest absolute Gasteiger partial charge is 0.267 e. The Morgan fingerprint density at radius 2 is 1.58 bits per heavy atom. The van der Waals surface area contributed by atoms with Crippen molar-refractivity contribution in [1.29, 1.82) is 0 Å². The Balaban J connectivity index is 0.00000196. The van der Waals surface area contributed by atoms with Gasteiger partial charge in [0.15, 0.2) is 0 Å². The molecule has 2 saturated heterocycles. The number of H-pyrrole nitrogens is 1. The van der Waals surface area contributed by atoms with E-state index in [9.17, 15) is 4.79 Å². The van der Waals surface area contributed by atoms with Crippen molar-refractivity contribution < 1.29 is 0 Å². The SMILES string of the molecule is Cl.O=c1[nH]c(-c2ccc(N3CCC(N4CCCC4)CC3)cc2)ccc1Cl. The third kappa shape index (κ3) is 4.08. The fourth-order valence-electron chi connectivity index (χ4n) is 4.07. The number of aromatic nitrogens is 1. The van der Waals surface area contributed by atoms with Crippen LogP contribution in [0, 0.1) is 0 Å². The molecule has 0 aliphatic carbocycles. The lowest BCUT2D eigenvalue weighted by Gasteiger charge is -2.37. The maximum absolute atomic E-state index is 11.7. The summed E-state index contributed by atoms with van der Waals surface area (Å²) in [5, 5.41) is 0.223. The second-order valence-corrected chi connectivity index (χ2v) is 7.46. The van der Waals surface area contributed by atoms with Crippen LogP contribution in [0.1, 0.15) is 25.7 Å². The Bertz CT molecular complexity index is 776. The van der Waals surface area contributed by atoms with Gasteiger partial charge in [-0.05, 0) is 68.6 Å². The summed E-state index contributed by atoms with van der Waals surface area (Å²) >= 11 is 5.80. The topological polar surface area (TPSA) is 39.3 Å². The molecule has 3 heterocycles. The minimum atomic E-state index is -0.243. The van der Waals surface area contributed by atoms with Gasteiger partial charge in [-0.2, -0.15) is 0 Å². The van der Waals surface area contributed by atoms with Crippen molar-refractivity contribution in [3.8, 4) is 11.3 Å². The van der Waals surface area contributed by atoms with Crippen LogP contribution in [-0.2, 0) is 0 Å². The van der Waals surface area contributed by atoms with Gasteiger partial charge in [0.1, 0.15) is 5.02 Å². The minimum absolute atomic E-state index is 0. The summed E-state index contributed by atoms with van der Waals surface area (Å²) in [6.07, 6.45) is 5.25. The zero-order chi connectivity index (χ0) is 17.2. The van der Waals surface area contributed by atoms with Crippen LogP contribution in [0.2, 0.25) is 5.02 Å². The zero-order valence-electron chi connectivity index (χ0n) is 14.8. The lowest BCUT2D eigenvalue weighted by Crippen LogP contribution is -2.43. The average molecular weight is 394 g/mol. The lowest BCUT2D eigenvalue weighted by atomic mass is 10.0. The van der Waals surface area contributed by atoms with Gasteiger partial charge in [-0.25, -0.2) is 0 Å². The molecule has 1 N–H and O–H groups in total. The molecular weight excluding hydrogens is 369 g/mol. The van der Waals surface area contributed by atoms with Gasteiger partial charge in [0.05, 0.1) is 0 Å². The molecule has 4 rings (SSSR count). The van der Waals surface area contributed by atoms with Crippen molar-refractivity contribution in [3.05, 3.63) is 51.8 Å². The van der Waals surface area contributed by atoms with Crippen molar-refractivity contribution in [2.24, 2.45) is 0 Å². The number of pyridine rings is 1. The largest absolute Gasteiger partial charge is 0.371 e. The molecule has 0 spiro atoms. The van der Waals surface area contributed by atoms with Crippen molar-refractivity contribution in [3.63, 3.8) is 0 Å². The number of nitrogens with one attached hydrogen (secondary N) is 1. The molecule has 2 aromatic rings. The summed E-state index contributed by atoms with van der Waals surface area (Å²) in [5.74, 6) is 0. The molecule has 0 bridgehead atoms. The predicted octanol–water partition coefficient (Wildman–Crippen LogP) is 4.18. The first kappa shape index (κ1) is 19.3. The molecule has 140 valence electrons. The van der Waals surface area contributed by atoms with Crippen LogP contribution in [0.3, 0.4) is 0 Å². The summed E-state index contributed by atoms with van der Waals surface area (Å²) < 4.78 is 0. The number of anilines is 1. The molecule has 2 aliphatic rings. The van der Waals surface area contributed by atoms with Crippen molar-refractivity contribution in [2.45, 2.75) is 31.7 Å². The standard InChI is InChI=1S/C20H24ClN3O.ClH/c21-18-7-8-19(22-20(18)25)15-3-5-16(6-4-15)24-13-9-17(10-14-24)23-11-1-2-12-23;/h3-8,17H,1-2,9-14H2,(H,22,25);1H. The van der Waals surface area contributed by atoms with E-state index in [1.165, 1.54) is 44.5 Å². The lowest BCUT2D eigenvalue weighted by molar-refractivity contribution is 0.208. The summed E-state index contributed by atoms with van der Waals surface area (Å²) in [4.78, 5) is 19.6. The fraction of sp³-hybridized carbons (Fsp3) is 0.450. The van der Waals surface area contributed by atoms with E-state index in [0.29, 0.717) is 0 Å². The van der Waals surface area contributed by atoms with E-state index in [0.717, 1.165) is 30.4 Å². The molecule has 1 aromatic carbocycles. The molecule has 0 atom stereocenters. The fourth-order valence-corrected chi connectivity index (χ4v) is 4.18. The van der Waals surface area contributed by atoms with Crippen molar-refractivity contribution >= 4 is 29.7 Å². The molecule has 6 heteroatoms. The van der Waals surface area contributed by atoms with Crippen LogP contribution in [0.25, 0.3) is 11.3 Å². The van der Waals surface area contributed by atoms with Gasteiger partial charge in [0.25, 0.3) is 5.56 Å². The molecule has 0 radical (unpaired) electrons. The quantitative estimate of drug-likeness (QED) is 0.849. The first-order chi connectivity index (χ1) is 12.2. The Hall–Kier alpha value is -1.49. The summed E-state index contributed by atoms with van der Waals surface area (Å²) in [6.45, 7) is 4.83. The highest BCUT2D eigenvalue weighted by molar-refractivity contribution is 6.30. The van der Waals surface area contributed by atoms with Gasteiger partial charge in [-0.3, -0.25) is 4.79 Å². The number of likely N-dealkylation sites (tertiary alicyclic amines) is 1. The number of hydrogen-bond acceptors (Lipinski definition) is 3. The molecule has 2 aliphatic heterocycles. The van der Waals surface area contributed by atoms with E-state index < -0.39 is 0 Å². The number of halogens is 2. The Labute approximate surface area is 165 Å². The van der Waals surface area contributed by atoms with E-state index in [1.54, 1.807) is 6.07 Å². The summed E-state index contributed by atoms with van der Waals surface area (Å²) in [7, 11) is 0. The summed E-state index contributed by atoms with van der Waals surface area (Å²) in [5.41, 5.74) is 2.82. The minimum Gasteiger partial charge on any atom is -0.371 e. The van der Waals surface area contributed by atoms with E-state index in [1.807, 2.05) is 6.07 Å². The van der Waals surface area contributed by atoms with Gasteiger partial charge < -0.3 is 14.8 Å². The zero-order valence-corrected chi connectivity index (χ0v) is 16.4. The van der Waals surface area contributed by atoms with Crippen LogP contribution in [0.15, 0.2) is 41.2 Å². The molecular formula is C20H25Cl2N3O. The Morgan fingerprint density at radius 1 is 0.923 bits per heavy atom. The van der Waals surface area contributed by atoms with Gasteiger partial charge in [-0.1, -0.05) is 23.7 Å². The number of hydrogen-bond donors (Lipinski definition) is 1. The number of aromatic amines is 1. The van der Waals surface area contributed by atoms with Gasteiger partial charge in [0.2, 0.25) is 0 Å². The van der Waals surface area contributed by atoms with E-state index in [2.05, 4.69) is 39.0 Å². The first-order valence-corrected chi connectivity index (χ1v) is 9.57. The first-order valence-electron chi connectivity index (χ1n) is 9.19. The van der Waals surface area contributed by atoms with Crippen LogP contribution < -0.4 is 10.5 Å². The predicted molar refractivity (Wildman–Crippen MR) is 111 cm³/mol. The number of rotatable bonds is 3. The molecule has 0 unspecified atom stereocenters. The third-order valence-electron chi connectivity index (χ3n) is 5.53. The van der Waals surface area contributed by atoms with Crippen LogP contribution in [0.4, 0.5) is 5.69 Å². The number of nitrogens with zero attached hydrogens (tertiary/aromatic N) is 2. The van der Waals surface area contributed by atoms with Gasteiger partial charge >= 0.3 is 0 Å². The summed E-state index contributed by atoms with van der Waals surface area (Å²) in [6, 6.07) is 12.7. The monoisotopic (exact) mass is 393 g/mol. The van der Waals surface area contributed by atoms with Crippen LogP contribution >= 0.6 is 24.0 Å². The molecule has 1 aromatic heterocycles. The van der Waals surface area contributed by atoms with Gasteiger partial charge in [-0.15, -0.1) is 12.4 Å². The van der Waals surface area contributed by atoms with Crippen molar-refractivity contribution in [1.82, 2.24) is 9.88 Å². The third-order valence-corrected chi connectivity index (χ3v) is 5.82. The number of piperidine rings is 1. The highest BCUT2D eigenvalue weighted by Gasteiger charge is 2.26. The van der Waals surface area contributed by atoms with Crippen LogP contribution in [-0.4, -0.2) is 42.1 Å². The second-order valence-electron chi connectivity index (χ2n) is 7.06. The molecule has 2 fully saturated rings. The van der Waals surface area contributed by atoms with E-state index in [4.69, 9.17) is 11.6 Å². The number of benzene rings is 1. The average Bonchev–Trinajstić information content (AvgIpc) is 3.19. The maximum Gasteiger partial charge on any atom is 0.267 e. The van der Waals surface area contributed by atoms with Gasteiger partial charge in [0, 0.05) is 30.5 Å².